The van der Waals surface area contributed by atoms with Crippen molar-refractivity contribution >= 4 is 21.6 Å². The minimum atomic E-state index is 0.698. The predicted molar refractivity (Wildman–Crippen MR) is 85.0 cm³/mol. The van der Waals surface area contributed by atoms with Crippen LogP contribution in [0.15, 0.2) is 30.3 Å². The van der Waals surface area contributed by atoms with Crippen LogP contribution in [0.1, 0.15) is 22.0 Å². The van der Waals surface area contributed by atoms with Crippen LogP contribution < -0.4 is 5.32 Å². The molecule has 0 saturated heterocycles. The van der Waals surface area contributed by atoms with E-state index >= 15 is 0 Å². The zero-order valence-electron chi connectivity index (χ0n) is 12.1. The number of thiazole rings is 1. The molecular weight excluding hydrogens is 280 g/mol. The number of nitriles is 1. The highest BCUT2D eigenvalue weighted by atomic mass is 32.1. The fourth-order valence-corrected chi connectivity index (χ4v) is 3.29. The molecule has 0 amide bonds. The van der Waals surface area contributed by atoms with Crippen molar-refractivity contribution in [1.82, 2.24) is 14.9 Å². The quantitative estimate of drug-likeness (QED) is 0.805. The molecule has 0 aliphatic rings. The maximum Gasteiger partial charge on any atom is 0.120 e. The Hall–Kier alpha value is -2.16. The number of hydrogen-bond donors (Lipinski definition) is 1. The van der Waals surface area contributed by atoms with Crippen LogP contribution in [0.25, 0.3) is 10.2 Å². The Bertz CT molecular complexity index is 790. The molecule has 2 aromatic heterocycles. The molecule has 21 heavy (non-hydrogen) atoms. The van der Waals surface area contributed by atoms with E-state index in [-0.39, 0.29) is 0 Å². The van der Waals surface area contributed by atoms with Crippen molar-refractivity contribution < 1.29 is 0 Å². The molecule has 2 heterocycles. The third-order valence-corrected chi connectivity index (χ3v) is 4.72. The van der Waals surface area contributed by atoms with Gasteiger partial charge in [-0.3, -0.25) is 0 Å². The third-order valence-electron chi connectivity index (χ3n) is 3.68. The predicted octanol–water partition coefficient (Wildman–Crippen LogP) is 3.10. The number of para-hydroxylation sites is 1. The van der Waals surface area contributed by atoms with Crippen molar-refractivity contribution in [3.8, 4) is 6.07 Å². The molecule has 1 N–H and O–H groups in total. The van der Waals surface area contributed by atoms with Crippen LogP contribution in [0.3, 0.4) is 0 Å². The summed E-state index contributed by atoms with van der Waals surface area (Å²) < 4.78 is 3.14. The lowest BCUT2D eigenvalue weighted by Crippen LogP contribution is -2.13. The van der Waals surface area contributed by atoms with E-state index in [1.54, 1.807) is 11.3 Å². The van der Waals surface area contributed by atoms with E-state index < -0.39 is 0 Å². The summed E-state index contributed by atoms with van der Waals surface area (Å²) in [5.41, 5.74) is 4.05. The Morgan fingerprint density at radius 2 is 2.14 bits per heavy atom. The average molecular weight is 296 g/mol. The average Bonchev–Trinajstić information content (AvgIpc) is 3.02. The van der Waals surface area contributed by atoms with Gasteiger partial charge in [0.1, 0.15) is 16.8 Å². The van der Waals surface area contributed by atoms with Crippen LogP contribution in [0, 0.1) is 18.3 Å². The second-order valence-electron chi connectivity index (χ2n) is 4.99. The molecule has 0 bridgehead atoms. The van der Waals surface area contributed by atoms with E-state index in [4.69, 9.17) is 5.26 Å². The second-order valence-corrected chi connectivity index (χ2v) is 6.11. The van der Waals surface area contributed by atoms with Crippen LogP contribution in [0.5, 0.6) is 0 Å². The largest absolute Gasteiger partial charge is 0.340 e. The number of nitrogens with one attached hydrogen (secondary N) is 1. The fourth-order valence-electron chi connectivity index (χ4n) is 2.35. The molecule has 0 saturated carbocycles. The molecule has 0 fully saturated rings. The van der Waals surface area contributed by atoms with E-state index in [9.17, 15) is 0 Å². The Morgan fingerprint density at radius 3 is 2.86 bits per heavy atom. The highest BCUT2D eigenvalue weighted by Gasteiger charge is 2.08. The van der Waals surface area contributed by atoms with Crippen LogP contribution >= 0.6 is 11.3 Å². The molecule has 5 heteroatoms. The van der Waals surface area contributed by atoms with Gasteiger partial charge in [-0.25, -0.2) is 4.98 Å². The Labute approximate surface area is 127 Å². The number of benzene rings is 1. The Balaban J connectivity index is 1.67. The number of nitrogens with zero attached hydrogens (tertiary/aromatic N) is 3. The van der Waals surface area contributed by atoms with E-state index in [2.05, 4.69) is 22.4 Å². The zero-order chi connectivity index (χ0) is 14.8. The summed E-state index contributed by atoms with van der Waals surface area (Å²) in [6.07, 6.45) is 0. The molecule has 0 radical (unpaired) electrons. The highest BCUT2D eigenvalue weighted by molar-refractivity contribution is 7.18. The van der Waals surface area contributed by atoms with E-state index in [1.807, 2.05) is 42.8 Å². The summed E-state index contributed by atoms with van der Waals surface area (Å²) in [5, 5.41) is 13.5. The minimum absolute atomic E-state index is 0.698. The molecule has 0 atom stereocenters. The first-order valence-corrected chi connectivity index (χ1v) is 7.61. The fraction of sp³-hybridized carbons (Fsp3) is 0.250. The van der Waals surface area contributed by atoms with Crippen molar-refractivity contribution in [2.75, 3.05) is 0 Å². The monoisotopic (exact) mass is 296 g/mol. The van der Waals surface area contributed by atoms with Gasteiger partial charge >= 0.3 is 0 Å². The normalized spacial score (nSPS) is 10.9. The summed E-state index contributed by atoms with van der Waals surface area (Å²) >= 11 is 1.72. The van der Waals surface area contributed by atoms with Gasteiger partial charge < -0.3 is 9.88 Å². The zero-order valence-corrected chi connectivity index (χ0v) is 12.9. The van der Waals surface area contributed by atoms with Crippen LogP contribution in [-0.2, 0) is 20.1 Å². The molecule has 0 aliphatic carbocycles. The molecule has 3 rings (SSSR count). The SMILES string of the molecule is Cc1c(CNCc2nc3ccccc3s2)cc(C#N)n1C. The molecule has 106 valence electrons. The molecule has 4 nitrogen and oxygen atoms in total. The lowest BCUT2D eigenvalue weighted by molar-refractivity contribution is 0.685. The van der Waals surface area contributed by atoms with Crippen LogP contribution in [0.2, 0.25) is 0 Å². The van der Waals surface area contributed by atoms with E-state index in [1.165, 1.54) is 4.70 Å². The minimum Gasteiger partial charge on any atom is -0.340 e. The number of aromatic nitrogens is 2. The van der Waals surface area contributed by atoms with Crippen molar-refractivity contribution in [1.29, 1.82) is 5.26 Å². The van der Waals surface area contributed by atoms with Crippen LogP contribution in [0.4, 0.5) is 0 Å². The molecule has 3 aromatic rings. The highest BCUT2D eigenvalue weighted by Crippen LogP contribution is 2.21. The second kappa shape index (κ2) is 5.68. The molecular formula is C16H16N4S. The first-order chi connectivity index (χ1) is 10.2. The van der Waals surface area contributed by atoms with Gasteiger partial charge in [0.15, 0.2) is 0 Å². The Morgan fingerprint density at radius 1 is 1.33 bits per heavy atom. The summed E-state index contributed by atoms with van der Waals surface area (Å²) in [7, 11) is 1.92. The van der Waals surface area contributed by atoms with Gasteiger partial charge in [0.05, 0.1) is 10.2 Å². The Kier molecular flexibility index (Phi) is 3.74. The maximum atomic E-state index is 9.04. The van der Waals surface area contributed by atoms with Crippen molar-refractivity contribution in [3.05, 3.63) is 52.3 Å². The number of hydrogen-bond acceptors (Lipinski definition) is 4. The molecule has 0 unspecified atom stereocenters. The van der Waals surface area contributed by atoms with Gasteiger partial charge in [-0.15, -0.1) is 11.3 Å². The maximum absolute atomic E-state index is 9.04. The van der Waals surface area contributed by atoms with Gasteiger partial charge in [-0.2, -0.15) is 5.26 Å². The molecule has 0 spiro atoms. The van der Waals surface area contributed by atoms with E-state index in [0.717, 1.165) is 34.9 Å². The lowest BCUT2D eigenvalue weighted by atomic mass is 10.2. The van der Waals surface area contributed by atoms with Crippen LogP contribution in [-0.4, -0.2) is 9.55 Å². The van der Waals surface area contributed by atoms with Crippen molar-refractivity contribution in [2.45, 2.75) is 20.0 Å². The van der Waals surface area contributed by atoms with Crippen molar-refractivity contribution in [3.63, 3.8) is 0 Å². The first-order valence-electron chi connectivity index (χ1n) is 6.79. The number of fused-ring (bicyclic) bond motifs is 1. The topological polar surface area (TPSA) is 53.6 Å². The lowest BCUT2D eigenvalue weighted by Gasteiger charge is -2.03. The summed E-state index contributed by atoms with van der Waals surface area (Å²) in [5.74, 6) is 0. The summed E-state index contributed by atoms with van der Waals surface area (Å²) in [4.78, 5) is 4.60. The smallest absolute Gasteiger partial charge is 0.120 e. The molecule has 1 aromatic carbocycles. The van der Waals surface area contributed by atoms with E-state index in [0.29, 0.717) is 5.69 Å². The van der Waals surface area contributed by atoms with Gasteiger partial charge in [0.2, 0.25) is 0 Å². The number of rotatable bonds is 4. The van der Waals surface area contributed by atoms with Gasteiger partial charge in [-0.05, 0) is 30.7 Å². The van der Waals surface area contributed by atoms with Gasteiger partial charge in [0.25, 0.3) is 0 Å². The summed E-state index contributed by atoms with van der Waals surface area (Å²) in [6.45, 7) is 3.53. The first kappa shape index (κ1) is 13.8. The summed E-state index contributed by atoms with van der Waals surface area (Å²) in [6, 6.07) is 12.3. The molecule has 0 aliphatic heterocycles. The van der Waals surface area contributed by atoms with Crippen molar-refractivity contribution in [2.24, 2.45) is 7.05 Å². The third kappa shape index (κ3) is 2.68. The standard InChI is InChI=1S/C16H16N4S/c1-11-12(7-13(8-17)20(11)2)9-18-10-16-19-14-5-3-4-6-15(14)21-16/h3-7,18H,9-10H2,1-2H3. The van der Waals surface area contributed by atoms with Gasteiger partial charge in [0, 0.05) is 25.8 Å². The van der Waals surface area contributed by atoms with Gasteiger partial charge in [-0.1, -0.05) is 12.1 Å².